The number of carbonyl (C=O) groups excluding carboxylic acids is 3. The first-order chi connectivity index (χ1) is 24.9. The van der Waals surface area contributed by atoms with Gasteiger partial charge in [-0.1, -0.05) is 66.2 Å². The van der Waals surface area contributed by atoms with Gasteiger partial charge < -0.3 is 21.3 Å². The molecule has 4 aromatic rings. The molecular formula is C40H48N6O5S. The summed E-state index contributed by atoms with van der Waals surface area (Å²) in [4.78, 5) is 45.0. The summed E-state index contributed by atoms with van der Waals surface area (Å²) in [6.45, 7) is 6.53. The van der Waals surface area contributed by atoms with Gasteiger partial charge in [0.25, 0.3) is 11.8 Å². The number of nitrogens with zero attached hydrogens (tertiary/aromatic N) is 2. The second-order valence-corrected chi connectivity index (χ2v) is 15.6. The van der Waals surface area contributed by atoms with E-state index in [9.17, 15) is 22.8 Å². The quantitative estimate of drug-likeness (QED) is 0.123. The van der Waals surface area contributed by atoms with Crippen LogP contribution in [0.25, 0.3) is 0 Å². The standard InChI is InChI=1S/C40H48N6O5S/c1-27-13-17-32(18-14-27)28(2)44-39(48)33-20-34(22-37(21-33)46(52(4,50)51)26-31-10-6-5-7-11-31)40(49)45-36(23-35-12-8-9-19-41-35)25-42-29(3)38(47)43-24-30-15-16-30/h5-14,17-22,28-30,36,42H,15-16,23-26H2,1-4H3,(H,43,47)(H,44,48)(H,45,49)/t28-,29+,36+/m1/s1. The number of sulfonamides is 1. The SMILES string of the molecule is Cc1ccc([C@@H](C)NC(=O)c2cc(C(=O)N[C@H](CN[C@@H](C)C(=O)NCC3CC3)Cc3ccccn3)cc(N(Cc3ccccc3)S(C)(=O)=O)c2)cc1. The Hall–Kier alpha value is -5.07. The summed E-state index contributed by atoms with van der Waals surface area (Å²) in [6, 6.07) is 25.5. The summed E-state index contributed by atoms with van der Waals surface area (Å²) < 4.78 is 27.7. The van der Waals surface area contributed by atoms with Crippen LogP contribution in [-0.4, -0.2) is 62.6 Å². The Labute approximate surface area is 306 Å². The van der Waals surface area contributed by atoms with Crippen LogP contribution in [0.1, 0.15) is 75.8 Å². The Balaban J connectivity index is 1.43. The van der Waals surface area contributed by atoms with Crippen LogP contribution in [-0.2, 0) is 27.8 Å². The minimum absolute atomic E-state index is 0.00149. The van der Waals surface area contributed by atoms with E-state index in [-0.39, 0.29) is 41.9 Å². The van der Waals surface area contributed by atoms with E-state index in [1.165, 1.54) is 22.5 Å². The number of anilines is 1. The minimum atomic E-state index is -3.85. The molecule has 1 aliphatic rings. The van der Waals surface area contributed by atoms with E-state index in [2.05, 4.69) is 26.3 Å². The predicted octanol–water partition coefficient (Wildman–Crippen LogP) is 4.69. The molecule has 12 heteroatoms. The fourth-order valence-electron chi connectivity index (χ4n) is 5.73. The molecule has 52 heavy (non-hydrogen) atoms. The summed E-state index contributed by atoms with van der Waals surface area (Å²) in [5, 5.41) is 12.3. The van der Waals surface area contributed by atoms with E-state index in [0.717, 1.165) is 41.5 Å². The van der Waals surface area contributed by atoms with Crippen LogP contribution in [0.2, 0.25) is 0 Å². The highest BCUT2D eigenvalue weighted by Gasteiger charge is 2.26. The highest BCUT2D eigenvalue weighted by atomic mass is 32.2. The molecule has 0 bridgehead atoms. The van der Waals surface area contributed by atoms with Crippen molar-refractivity contribution in [2.45, 2.75) is 64.7 Å². The van der Waals surface area contributed by atoms with E-state index >= 15 is 0 Å². The van der Waals surface area contributed by atoms with E-state index in [0.29, 0.717) is 18.9 Å². The van der Waals surface area contributed by atoms with Crippen LogP contribution in [0.4, 0.5) is 5.69 Å². The van der Waals surface area contributed by atoms with Crippen molar-refractivity contribution in [3.05, 3.63) is 131 Å². The van der Waals surface area contributed by atoms with Gasteiger partial charge in [-0.3, -0.25) is 23.7 Å². The molecule has 1 heterocycles. The number of hydrogen-bond donors (Lipinski definition) is 4. The van der Waals surface area contributed by atoms with Crippen molar-refractivity contribution in [2.24, 2.45) is 5.92 Å². The molecule has 1 aliphatic carbocycles. The highest BCUT2D eigenvalue weighted by molar-refractivity contribution is 7.92. The zero-order valence-electron chi connectivity index (χ0n) is 30.1. The molecule has 0 unspecified atom stereocenters. The topological polar surface area (TPSA) is 150 Å². The Morgan fingerprint density at radius 2 is 1.52 bits per heavy atom. The lowest BCUT2D eigenvalue weighted by molar-refractivity contribution is -0.122. The van der Waals surface area contributed by atoms with Crippen LogP contribution in [0.5, 0.6) is 0 Å². The fraction of sp³-hybridized carbons (Fsp3) is 0.350. The number of carbonyl (C=O) groups is 3. The van der Waals surface area contributed by atoms with Crippen LogP contribution in [0.15, 0.2) is 97.2 Å². The maximum atomic E-state index is 14.1. The minimum Gasteiger partial charge on any atom is -0.354 e. The van der Waals surface area contributed by atoms with Gasteiger partial charge in [0.2, 0.25) is 15.9 Å². The van der Waals surface area contributed by atoms with Gasteiger partial charge in [-0.25, -0.2) is 8.42 Å². The zero-order chi connectivity index (χ0) is 37.3. The van der Waals surface area contributed by atoms with Gasteiger partial charge in [0.1, 0.15) is 0 Å². The fourth-order valence-corrected chi connectivity index (χ4v) is 6.60. The van der Waals surface area contributed by atoms with E-state index < -0.39 is 33.9 Å². The largest absolute Gasteiger partial charge is 0.354 e. The van der Waals surface area contributed by atoms with Gasteiger partial charge >= 0.3 is 0 Å². The molecule has 3 aromatic carbocycles. The Kier molecular flexibility index (Phi) is 12.8. The molecule has 4 N–H and O–H groups in total. The smallest absolute Gasteiger partial charge is 0.251 e. The summed E-state index contributed by atoms with van der Waals surface area (Å²) in [5.41, 5.74) is 3.87. The monoisotopic (exact) mass is 724 g/mol. The molecule has 0 spiro atoms. The van der Waals surface area contributed by atoms with Crippen molar-refractivity contribution >= 4 is 33.4 Å². The number of rotatable bonds is 17. The third kappa shape index (κ3) is 11.2. The first-order valence-electron chi connectivity index (χ1n) is 17.6. The third-order valence-corrected chi connectivity index (χ3v) is 10.2. The maximum Gasteiger partial charge on any atom is 0.251 e. The lowest BCUT2D eigenvalue weighted by Crippen LogP contribution is -2.49. The Morgan fingerprint density at radius 3 is 2.13 bits per heavy atom. The normalized spacial score (nSPS) is 14.5. The second kappa shape index (κ2) is 17.4. The first-order valence-corrected chi connectivity index (χ1v) is 19.5. The lowest BCUT2D eigenvalue weighted by Gasteiger charge is -2.25. The molecule has 0 radical (unpaired) electrons. The lowest BCUT2D eigenvalue weighted by atomic mass is 10.0. The number of nitrogens with one attached hydrogen (secondary N) is 4. The zero-order valence-corrected chi connectivity index (χ0v) is 31.0. The maximum absolute atomic E-state index is 14.1. The van der Waals surface area contributed by atoms with Gasteiger partial charge in [0, 0.05) is 48.6 Å². The number of aryl methyl sites for hydroxylation is 1. The van der Waals surface area contributed by atoms with Crippen molar-refractivity contribution in [2.75, 3.05) is 23.7 Å². The van der Waals surface area contributed by atoms with Crippen LogP contribution in [0, 0.1) is 12.8 Å². The van der Waals surface area contributed by atoms with Crippen LogP contribution in [0.3, 0.4) is 0 Å². The average Bonchev–Trinajstić information content (AvgIpc) is 3.97. The summed E-state index contributed by atoms with van der Waals surface area (Å²) >= 11 is 0. The molecule has 0 saturated heterocycles. The van der Waals surface area contributed by atoms with Gasteiger partial charge in [-0.15, -0.1) is 0 Å². The van der Waals surface area contributed by atoms with Crippen molar-refractivity contribution < 1.29 is 22.8 Å². The molecule has 1 fully saturated rings. The van der Waals surface area contributed by atoms with Crippen molar-refractivity contribution in [1.29, 1.82) is 0 Å². The molecule has 3 amide bonds. The summed E-state index contributed by atoms with van der Waals surface area (Å²) in [7, 11) is -3.85. The molecule has 3 atom stereocenters. The highest BCUT2D eigenvalue weighted by Crippen LogP contribution is 2.28. The summed E-state index contributed by atoms with van der Waals surface area (Å²) in [5.74, 6) is -0.538. The number of benzene rings is 3. The number of amides is 3. The number of aromatic nitrogens is 1. The third-order valence-electron chi connectivity index (χ3n) is 9.07. The molecule has 0 aliphatic heterocycles. The number of pyridine rings is 1. The molecule has 1 aromatic heterocycles. The molecule has 1 saturated carbocycles. The van der Waals surface area contributed by atoms with Crippen LogP contribution >= 0.6 is 0 Å². The van der Waals surface area contributed by atoms with E-state index in [1.54, 1.807) is 13.1 Å². The predicted molar refractivity (Wildman–Crippen MR) is 203 cm³/mol. The van der Waals surface area contributed by atoms with E-state index in [1.807, 2.05) is 86.6 Å². The number of hydrogen-bond acceptors (Lipinski definition) is 7. The van der Waals surface area contributed by atoms with Gasteiger partial charge in [0.15, 0.2) is 0 Å². The van der Waals surface area contributed by atoms with E-state index in [4.69, 9.17) is 0 Å². The second-order valence-electron chi connectivity index (χ2n) is 13.6. The van der Waals surface area contributed by atoms with Crippen molar-refractivity contribution in [1.82, 2.24) is 26.3 Å². The Bertz CT molecular complexity index is 1940. The Morgan fingerprint density at radius 1 is 0.865 bits per heavy atom. The molecule has 11 nitrogen and oxygen atoms in total. The summed E-state index contributed by atoms with van der Waals surface area (Å²) in [6.07, 6.45) is 5.39. The van der Waals surface area contributed by atoms with Gasteiger partial charge in [0.05, 0.1) is 30.6 Å². The van der Waals surface area contributed by atoms with Crippen molar-refractivity contribution in [3.8, 4) is 0 Å². The average molecular weight is 725 g/mol. The van der Waals surface area contributed by atoms with Gasteiger partial charge in [-0.2, -0.15) is 0 Å². The molecule has 5 rings (SSSR count). The van der Waals surface area contributed by atoms with Gasteiger partial charge in [-0.05, 0) is 81.0 Å². The van der Waals surface area contributed by atoms with Crippen LogP contribution < -0.4 is 25.6 Å². The first kappa shape index (κ1) is 38.2. The molecular weight excluding hydrogens is 677 g/mol. The molecule has 274 valence electrons. The van der Waals surface area contributed by atoms with Crippen molar-refractivity contribution in [3.63, 3.8) is 0 Å².